The second-order valence-electron chi connectivity index (χ2n) is 5.43. The van der Waals surface area contributed by atoms with Gasteiger partial charge in [-0.05, 0) is 43.7 Å². The molecule has 0 heterocycles. The van der Waals surface area contributed by atoms with Crippen LogP contribution < -0.4 is 5.32 Å². The SMILES string of the molecule is CC[C@H](NC(=O)c1c(F)ccc(C)c1F)C1CC(O)C1. The summed E-state index contributed by atoms with van der Waals surface area (Å²) in [6, 6.07) is 2.24. The van der Waals surface area contributed by atoms with Gasteiger partial charge in [0.15, 0.2) is 0 Å². The first-order chi connectivity index (χ1) is 9.43. The van der Waals surface area contributed by atoms with E-state index in [0.29, 0.717) is 19.3 Å². The van der Waals surface area contributed by atoms with Gasteiger partial charge in [0.05, 0.1) is 6.10 Å². The lowest BCUT2D eigenvalue weighted by molar-refractivity contribution is 0.0231. The summed E-state index contributed by atoms with van der Waals surface area (Å²) in [5.41, 5.74) is -0.285. The Labute approximate surface area is 117 Å². The summed E-state index contributed by atoms with van der Waals surface area (Å²) in [5.74, 6) is -2.22. The van der Waals surface area contributed by atoms with Gasteiger partial charge in [-0.2, -0.15) is 0 Å². The van der Waals surface area contributed by atoms with E-state index < -0.39 is 23.1 Å². The molecular formula is C15H19F2NO2. The van der Waals surface area contributed by atoms with Crippen LogP contribution in [-0.2, 0) is 0 Å². The number of carbonyl (C=O) groups is 1. The molecule has 1 amide bonds. The molecule has 2 N–H and O–H groups in total. The van der Waals surface area contributed by atoms with Crippen molar-refractivity contribution in [2.45, 2.75) is 45.3 Å². The van der Waals surface area contributed by atoms with Crippen LogP contribution in [0.1, 0.15) is 42.1 Å². The van der Waals surface area contributed by atoms with Crippen LogP contribution in [0.4, 0.5) is 8.78 Å². The molecule has 0 saturated heterocycles. The van der Waals surface area contributed by atoms with Crippen LogP contribution in [0.3, 0.4) is 0 Å². The molecule has 0 bridgehead atoms. The van der Waals surface area contributed by atoms with E-state index in [1.807, 2.05) is 6.92 Å². The summed E-state index contributed by atoms with van der Waals surface area (Å²) in [6.45, 7) is 3.39. The smallest absolute Gasteiger partial charge is 0.257 e. The maximum atomic E-state index is 13.9. The fourth-order valence-electron chi connectivity index (χ4n) is 2.62. The maximum Gasteiger partial charge on any atom is 0.257 e. The summed E-state index contributed by atoms with van der Waals surface area (Å²) in [4.78, 5) is 12.1. The highest BCUT2D eigenvalue weighted by Crippen LogP contribution is 2.31. The number of nitrogens with one attached hydrogen (secondary N) is 1. The van der Waals surface area contributed by atoms with Crippen molar-refractivity contribution >= 4 is 5.91 Å². The lowest BCUT2D eigenvalue weighted by Crippen LogP contribution is -2.47. The monoisotopic (exact) mass is 283 g/mol. The van der Waals surface area contributed by atoms with Gasteiger partial charge in [0.25, 0.3) is 5.91 Å². The molecule has 20 heavy (non-hydrogen) atoms. The van der Waals surface area contributed by atoms with Crippen molar-refractivity contribution in [1.29, 1.82) is 0 Å². The Balaban J connectivity index is 2.13. The fourth-order valence-corrected chi connectivity index (χ4v) is 2.62. The molecule has 0 aromatic heterocycles. The van der Waals surface area contributed by atoms with Crippen LogP contribution in [0.25, 0.3) is 0 Å². The number of aryl methyl sites for hydroxylation is 1. The number of amides is 1. The molecule has 0 radical (unpaired) electrons. The third-order valence-electron chi connectivity index (χ3n) is 3.99. The standard InChI is InChI=1S/C15H19F2NO2/c1-3-12(9-6-10(19)7-9)18-15(20)13-11(16)5-4-8(2)14(13)17/h4-5,9-10,12,19H,3,6-7H2,1-2H3,(H,18,20)/t9?,10?,12-/m0/s1. The van der Waals surface area contributed by atoms with E-state index in [4.69, 9.17) is 0 Å². The van der Waals surface area contributed by atoms with E-state index >= 15 is 0 Å². The third kappa shape index (κ3) is 2.82. The van der Waals surface area contributed by atoms with Gasteiger partial charge in [0.2, 0.25) is 0 Å². The molecule has 1 atom stereocenters. The Morgan fingerprint density at radius 3 is 2.65 bits per heavy atom. The van der Waals surface area contributed by atoms with Gasteiger partial charge in [-0.1, -0.05) is 13.0 Å². The largest absolute Gasteiger partial charge is 0.393 e. The van der Waals surface area contributed by atoms with Crippen LogP contribution in [0, 0.1) is 24.5 Å². The number of rotatable bonds is 4. The highest BCUT2D eigenvalue weighted by atomic mass is 19.1. The molecule has 1 fully saturated rings. The Morgan fingerprint density at radius 2 is 2.10 bits per heavy atom. The fraction of sp³-hybridized carbons (Fsp3) is 0.533. The topological polar surface area (TPSA) is 49.3 Å². The number of aliphatic hydroxyl groups is 1. The molecule has 1 aliphatic rings. The highest BCUT2D eigenvalue weighted by molar-refractivity contribution is 5.95. The lowest BCUT2D eigenvalue weighted by atomic mass is 9.76. The van der Waals surface area contributed by atoms with E-state index in [2.05, 4.69) is 5.32 Å². The second-order valence-corrected chi connectivity index (χ2v) is 5.43. The molecule has 1 aliphatic carbocycles. The van der Waals surface area contributed by atoms with Crippen LogP contribution in [0.2, 0.25) is 0 Å². The van der Waals surface area contributed by atoms with Crippen molar-refractivity contribution in [3.05, 3.63) is 34.9 Å². The van der Waals surface area contributed by atoms with Gasteiger partial charge >= 0.3 is 0 Å². The molecule has 0 aliphatic heterocycles. The first-order valence-corrected chi connectivity index (χ1v) is 6.87. The second kappa shape index (κ2) is 5.87. The summed E-state index contributed by atoms with van der Waals surface area (Å²) in [5, 5.41) is 12.0. The molecule has 5 heteroatoms. The summed E-state index contributed by atoms with van der Waals surface area (Å²) >= 11 is 0. The Hall–Kier alpha value is -1.49. The number of aliphatic hydroxyl groups excluding tert-OH is 1. The van der Waals surface area contributed by atoms with Crippen LogP contribution in [-0.4, -0.2) is 23.2 Å². The van der Waals surface area contributed by atoms with Crippen molar-refractivity contribution in [2.75, 3.05) is 0 Å². The van der Waals surface area contributed by atoms with E-state index in [0.717, 1.165) is 6.07 Å². The molecule has 0 unspecified atom stereocenters. The minimum absolute atomic E-state index is 0.162. The molecule has 3 nitrogen and oxygen atoms in total. The molecular weight excluding hydrogens is 264 g/mol. The first-order valence-electron chi connectivity index (χ1n) is 6.87. The number of hydrogen-bond acceptors (Lipinski definition) is 2. The van der Waals surface area contributed by atoms with E-state index in [1.165, 1.54) is 13.0 Å². The summed E-state index contributed by atoms with van der Waals surface area (Å²) in [7, 11) is 0. The summed E-state index contributed by atoms with van der Waals surface area (Å²) < 4.78 is 27.5. The van der Waals surface area contributed by atoms with Gasteiger partial charge in [-0.25, -0.2) is 8.78 Å². The van der Waals surface area contributed by atoms with E-state index in [9.17, 15) is 18.7 Å². The minimum atomic E-state index is -0.853. The zero-order valence-corrected chi connectivity index (χ0v) is 11.6. The third-order valence-corrected chi connectivity index (χ3v) is 3.99. The molecule has 0 spiro atoms. The van der Waals surface area contributed by atoms with Gasteiger partial charge in [0, 0.05) is 6.04 Å². The molecule has 1 aromatic carbocycles. The predicted octanol–water partition coefficient (Wildman–Crippen LogP) is 2.55. The average Bonchev–Trinajstić information content (AvgIpc) is 2.37. The van der Waals surface area contributed by atoms with E-state index in [1.54, 1.807) is 0 Å². The maximum absolute atomic E-state index is 13.9. The zero-order chi connectivity index (χ0) is 14.9. The quantitative estimate of drug-likeness (QED) is 0.892. The number of carbonyl (C=O) groups excluding carboxylic acids is 1. The number of halogens is 2. The molecule has 1 aromatic rings. The van der Waals surface area contributed by atoms with Crippen molar-refractivity contribution in [1.82, 2.24) is 5.32 Å². The Bertz CT molecular complexity index is 513. The van der Waals surface area contributed by atoms with Gasteiger partial charge < -0.3 is 10.4 Å². The van der Waals surface area contributed by atoms with Crippen LogP contribution >= 0.6 is 0 Å². The molecule has 2 rings (SSSR count). The first kappa shape index (κ1) is 14.9. The Morgan fingerprint density at radius 1 is 1.45 bits per heavy atom. The average molecular weight is 283 g/mol. The van der Waals surface area contributed by atoms with Crippen molar-refractivity contribution in [3.63, 3.8) is 0 Å². The predicted molar refractivity (Wildman–Crippen MR) is 71.4 cm³/mol. The van der Waals surface area contributed by atoms with Gasteiger partial charge in [-0.15, -0.1) is 0 Å². The number of hydrogen-bond donors (Lipinski definition) is 2. The molecule has 1 saturated carbocycles. The normalized spacial score (nSPS) is 23.1. The van der Waals surface area contributed by atoms with Gasteiger partial charge in [-0.3, -0.25) is 4.79 Å². The minimum Gasteiger partial charge on any atom is -0.393 e. The Kier molecular flexibility index (Phi) is 4.38. The number of benzene rings is 1. The van der Waals surface area contributed by atoms with Gasteiger partial charge in [0.1, 0.15) is 17.2 Å². The summed E-state index contributed by atoms with van der Waals surface area (Å²) in [6.07, 6.45) is 1.59. The van der Waals surface area contributed by atoms with Crippen LogP contribution in [0.5, 0.6) is 0 Å². The zero-order valence-electron chi connectivity index (χ0n) is 11.6. The lowest BCUT2D eigenvalue weighted by Gasteiger charge is -2.37. The van der Waals surface area contributed by atoms with Crippen molar-refractivity contribution < 1.29 is 18.7 Å². The van der Waals surface area contributed by atoms with E-state index in [-0.39, 0.29) is 23.6 Å². The molecule has 110 valence electrons. The van der Waals surface area contributed by atoms with Crippen molar-refractivity contribution in [2.24, 2.45) is 5.92 Å². The highest BCUT2D eigenvalue weighted by Gasteiger charge is 2.34. The van der Waals surface area contributed by atoms with Crippen molar-refractivity contribution in [3.8, 4) is 0 Å². The van der Waals surface area contributed by atoms with Crippen LogP contribution in [0.15, 0.2) is 12.1 Å².